The molecule has 0 aliphatic heterocycles. The lowest BCUT2D eigenvalue weighted by atomic mass is 10.0. The molecule has 1 fully saturated rings. The van der Waals surface area contributed by atoms with Gasteiger partial charge in [0.1, 0.15) is 23.7 Å². The minimum Gasteiger partial charge on any atom is -0.496 e. The van der Waals surface area contributed by atoms with E-state index in [1.165, 1.54) is 28.8 Å². The van der Waals surface area contributed by atoms with Gasteiger partial charge in [-0.25, -0.2) is 0 Å². The maximum absolute atomic E-state index is 7.48. The Morgan fingerprint density at radius 1 is 0.759 bits per heavy atom. The molecular weight excluding hydrogens is 683 g/mol. The first-order chi connectivity index (χ1) is 26.3. The van der Waals surface area contributed by atoms with E-state index in [0.717, 1.165) is 68.9 Å². The zero-order valence-electron chi connectivity index (χ0n) is 32.2. The monoisotopic (exact) mass is 733 g/mol. The molecule has 2 aromatic heterocycles. The summed E-state index contributed by atoms with van der Waals surface area (Å²) in [5.74, 6) is 3.25. The van der Waals surface area contributed by atoms with Crippen molar-refractivity contribution in [3.05, 3.63) is 144 Å². The lowest BCUT2D eigenvalue weighted by Crippen LogP contribution is -2.66. The average molecular weight is 734 g/mol. The van der Waals surface area contributed by atoms with Crippen LogP contribution in [0, 0.1) is 5.92 Å². The summed E-state index contributed by atoms with van der Waals surface area (Å²) < 4.78 is 29.7. The van der Waals surface area contributed by atoms with Gasteiger partial charge in [0, 0.05) is 24.1 Å². The average Bonchev–Trinajstić information content (AvgIpc) is 3.84. The Morgan fingerprint density at radius 3 is 2.04 bits per heavy atom. The van der Waals surface area contributed by atoms with Crippen LogP contribution in [-0.2, 0) is 30.4 Å². The largest absolute Gasteiger partial charge is 0.496 e. The molecule has 0 bridgehead atoms. The quantitative estimate of drug-likeness (QED) is 0.104. The number of benzene rings is 5. The number of methoxy groups -OCH3 is 1. The van der Waals surface area contributed by atoms with Crippen molar-refractivity contribution in [2.45, 2.75) is 71.6 Å². The minimum absolute atomic E-state index is 0.127. The highest BCUT2D eigenvalue weighted by atomic mass is 28.4. The first kappa shape index (κ1) is 36.0. The van der Waals surface area contributed by atoms with Crippen LogP contribution in [0.2, 0.25) is 5.04 Å². The summed E-state index contributed by atoms with van der Waals surface area (Å²) in [6.45, 7) is 11.1. The predicted octanol–water partition coefficient (Wildman–Crippen LogP) is 10.7. The van der Waals surface area contributed by atoms with Gasteiger partial charge >= 0.3 is 0 Å². The number of fused-ring (bicyclic) bond motifs is 2. The molecule has 6 heteroatoms. The van der Waals surface area contributed by atoms with Crippen molar-refractivity contribution in [3.8, 4) is 23.0 Å². The highest BCUT2D eigenvalue weighted by Crippen LogP contribution is 2.45. The number of hydrogen-bond donors (Lipinski definition) is 0. The van der Waals surface area contributed by atoms with Crippen molar-refractivity contribution >= 4 is 40.6 Å². The fraction of sp³-hybridized carbons (Fsp3) is 0.292. The van der Waals surface area contributed by atoms with Gasteiger partial charge in [0.05, 0.1) is 23.7 Å². The summed E-state index contributed by atoms with van der Waals surface area (Å²) >= 11 is 0. The van der Waals surface area contributed by atoms with Crippen LogP contribution >= 0.6 is 0 Å². The minimum atomic E-state index is -2.76. The van der Waals surface area contributed by atoms with Crippen molar-refractivity contribution in [1.29, 1.82) is 0 Å². The third kappa shape index (κ3) is 6.78. The van der Waals surface area contributed by atoms with Crippen molar-refractivity contribution in [1.82, 2.24) is 4.57 Å². The van der Waals surface area contributed by atoms with E-state index in [9.17, 15) is 0 Å². The van der Waals surface area contributed by atoms with Gasteiger partial charge in [0.2, 0.25) is 0 Å². The molecule has 0 unspecified atom stereocenters. The van der Waals surface area contributed by atoms with Gasteiger partial charge in [-0.1, -0.05) is 131 Å². The molecule has 1 aliphatic rings. The number of aromatic nitrogens is 1. The molecule has 0 amide bonds. The van der Waals surface area contributed by atoms with Crippen LogP contribution in [0.5, 0.6) is 11.5 Å². The Morgan fingerprint density at radius 2 is 1.43 bits per heavy atom. The molecule has 54 heavy (non-hydrogen) atoms. The van der Waals surface area contributed by atoms with Crippen molar-refractivity contribution in [3.63, 3.8) is 0 Å². The molecular formula is C48H51NO4Si. The molecule has 5 aromatic carbocycles. The van der Waals surface area contributed by atoms with Crippen LogP contribution in [0.3, 0.4) is 0 Å². The predicted molar refractivity (Wildman–Crippen MR) is 224 cm³/mol. The SMILES string of the molecule is CCc1cc(OC)c2c(CCO[Si](c3ccccc3)(c3ccccc3)C(C)(C)C)c(-c3cc4cccc(OCc5ccccc5)c4n3CC3CC3)oc2c1. The second-order valence-electron chi connectivity index (χ2n) is 15.7. The number of para-hydroxylation sites is 1. The maximum atomic E-state index is 7.48. The van der Waals surface area contributed by atoms with Crippen molar-refractivity contribution in [2.75, 3.05) is 13.7 Å². The second-order valence-corrected chi connectivity index (χ2v) is 20.1. The summed E-state index contributed by atoms with van der Waals surface area (Å²) in [6, 6.07) is 45.2. The standard InChI is InChI=1S/C48H51NO4Si/c1-6-34-29-43(50-5)45-40(27-28-52-54(48(2,3)4,38-20-12-8-13-21-38)39-22-14-9-15-23-39)47(53-44(45)30-34)41-31-37-19-16-24-42(46(37)49(41)32-35-25-26-35)51-33-36-17-10-7-11-18-36/h7-24,29-31,35H,6,25-28,32-33H2,1-5H3. The summed E-state index contributed by atoms with van der Waals surface area (Å²) in [6.07, 6.45) is 4.02. The van der Waals surface area contributed by atoms with E-state index in [0.29, 0.717) is 25.6 Å². The number of nitrogens with zero attached hydrogens (tertiary/aromatic N) is 1. The highest BCUT2D eigenvalue weighted by molar-refractivity contribution is 6.99. The zero-order valence-corrected chi connectivity index (χ0v) is 33.2. The summed E-state index contributed by atoms with van der Waals surface area (Å²) in [7, 11) is -0.995. The molecule has 5 nitrogen and oxygen atoms in total. The molecule has 1 saturated carbocycles. The van der Waals surface area contributed by atoms with Gasteiger partial charge in [-0.2, -0.15) is 0 Å². The fourth-order valence-electron chi connectivity index (χ4n) is 8.26. The van der Waals surface area contributed by atoms with Gasteiger partial charge in [0.15, 0.2) is 5.76 Å². The van der Waals surface area contributed by atoms with E-state index in [4.69, 9.17) is 18.3 Å². The molecule has 2 heterocycles. The first-order valence-electron chi connectivity index (χ1n) is 19.5. The number of hydrogen-bond acceptors (Lipinski definition) is 4. The van der Waals surface area contributed by atoms with Crippen molar-refractivity contribution in [2.24, 2.45) is 5.92 Å². The Bertz CT molecular complexity index is 2310. The van der Waals surface area contributed by atoms with Crippen LogP contribution in [0.4, 0.5) is 0 Å². The molecule has 8 rings (SSSR count). The zero-order chi connectivity index (χ0) is 37.3. The second kappa shape index (κ2) is 15.0. The third-order valence-electron chi connectivity index (χ3n) is 11.1. The number of furan rings is 1. The van der Waals surface area contributed by atoms with E-state index >= 15 is 0 Å². The van der Waals surface area contributed by atoms with Crippen LogP contribution in [0.15, 0.2) is 132 Å². The summed E-state index contributed by atoms with van der Waals surface area (Å²) in [4.78, 5) is 0. The van der Waals surface area contributed by atoms with E-state index in [1.807, 2.05) is 6.07 Å². The molecule has 0 spiro atoms. The molecule has 276 valence electrons. The van der Waals surface area contributed by atoms with Crippen LogP contribution in [-0.4, -0.2) is 26.6 Å². The molecule has 0 radical (unpaired) electrons. The Kier molecular flexibility index (Phi) is 9.99. The van der Waals surface area contributed by atoms with Gasteiger partial charge in [-0.15, -0.1) is 0 Å². The molecule has 1 aliphatic carbocycles. The lowest BCUT2D eigenvalue weighted by molar-refractivity contribution is 0.302. The van der Waals surface area contributed by atoms with Crippen molar-refractivity contribution < 1.29 is 18.3 Å². The normalized spacial score (nSPS) is 13.5. The van der Waals surface area contributed by atoms with E-state index in [1.54, 1.807) is 7.11 Å². The van der Waals surface area contributed by atoms with Gasteiger partial charge in [-0.05, 0) is 82.4 Å². The smallest absolute Gasteiger partial charge is 0.261 e. The third-order valence-corrected chi connectivity index (χ3v) is 16.2. The van der Waals surface area contributed by atoms with Gasteiger partial charge in [0.25, 0.3) is 8.32 Å². The van der Waals surface area contributed by atoms with E-state index in [-0.39, 0.29) is 5.04 Å². The van der Waals surface area contributed by atoms with Crippen LogP contribution in [0.1, 0.15) is 57.2 Å². The highest BCUT2D eigenvalue weighted by Gasteiger charge is 2.50. The molecule has 0 atom stereocenters. The Labute approximate surface area is 320 Å². The summed E-state index contributed by atoms with van der Waals surface area (Å²) in [5, 5.41) is 4.60. The van der Waals surface area contributed by atoms with Gasteiger partial charge < -0.3 is 22.9 Å². The molecule has 0 saturated heterocycles. The topological polar surface area (TPSA) is 45.8 Å². The number of rotatable bonds is 14. The van der Waals surface area contributed by atoms with E-state index < -0.39 is 8.32 Å². The van der Waals surface area contributed by atoms with Gasteiger partial charge in [-0.3, -0.25) is 0 Å². The fourth-order valence-corrected chi connectivity index (χ4v) is 12.8. The molecule has 7 aromatic rings. The lowest BCUT2D eigenvalue weighted by Gasteiger charge is -2.43. The van der Waals surface area contributed by atoms with Crippen LogP contribution in [0.25, 0.3) is 33.3 Å². The summed E-state index contributed by atoms with van der Waals surface area (Å²) in [5.41, 5.74) is 6.49. The van der Waals surface area contributed by atoms with Crippen LogP contribution < -0.4 is 19.8 Å². The Balaban J connectivity index is 1.26. The first-order valence-corrected chi connectivity index (χ1v) is 21.4. The Hall–Kier alpha value is -5.04. The maximum Gasteiger partial charge on any atom is 0.261 e. The number of aryl methyl sites for hydroxylation is 1. The molecule has 0 N–H and O–H groups in total. The van der Waals surface area contributed by atoms with E-state index in [2.05, 4.69) is 154 Å². The number of ether oxygens (including phenoxy) is 2.